The molecule has 0 unspecified atom stereocenters. The van der Waals surface area contributed by atoms with Gasteiger partial charge in [0.2, 0.25) is 0 Å². The van der Waals surface area contributed by atoms with Crippen molar-refractivity contribution in [2.24, 2.45) is 0 Å². The fourth-order valence-corrected chi connectivity index (χ4v) is 5.07. The molecule has 0 radical (unpaired) electrons. The van der Waals surface area contributed by atoms with E-state index in [1.54, 1.807) is 36.1 Å². The molecule has 28 heavy (non-hydrogen) atoms. The number of benzene rings is 1. The lowest BCUT2D eigenvalue weighted by Crippen LogP contribution is -2.46. The smallest absolute Gasteiger partial charge is 0.264 e. The molecule has 3 rings (SSSR count). The topological polar surface area (TPSA) is 86.1 Å². The third kappa shape index (κ3) is 4.67. The summed E-state index contributed by atoms with van der Waals surface area (Å²) in [4.78, 5) is 14.7. The van der Waals surface area contributed by atoms with Crippen molar-refractivity contribution in [1.82, 2.24) is 4.90 Å². The summed E-state index contributed by atoms with van der Waals surface area (Å²) < 4.78 is 40.6. The molecule has 1 saturated heterocycles. The molecule has 152 valence electrons. The number of aryl methyl sites for hydroxylation is 1. The van der Waals surface area contributed by atoms with Crippen LogP contribution in [0.3, 0.4) is 0 Å². The molecule has 0 aliphatic carbocycles. The van der Waals surface area contributed by atoms with E-state index in [1.807, 2.05) is 19.1 Å². The van der Waals surface area contributed by atoms with Crippen molar-refractivity contribution in [2.75, 3.05) is 18.6 Å². The molecule has 1 aliphatic rings. The first kappa shape index (κ1) is 20.3. The average Bonchev–Trinajstić information content (AvgIpc) is 3.24. The first-order valence-corrected chi connectivity index (χ1v) is 11.0. The van der Waals surface area contributed by atoms with E-state index < -0.39 is 22.0 Å². The summed E-state index contributed by atoms with van der Waals surface area (Å²) in [5.41, 5.74) is 0. The monoisotopic (exact) mass is 407 g/mol. The Morgan fingerprint density at radius 1 is 1.25 bits per heavy atom. The van der Waals surface area contributed by atoms with Crippen molar-refractivity contribution in [1.29, 1.82) is 0 Å². The van der Waals surface area contributed by atoms with E-state index in [9.17, 15) is 13.2 Å². The summed E-state index contributed by atoms with van der Waals surface area (Å²) in [5.74, 6) is 2.08. The number of furan rings is 1. The van der Waals surface area contributed by atoms with Crippen molar-refractivity contribution in [3.63, 3.8) is 0 Å². The quantitative estimate of drug-likeness (QED) is 0.701. The van der Waals surface area contributed by atoms with Crippen LogP contribution >= 0.6 is 0 Å². The molecule has 2 heterocycles. The number of hydrogen-bond donors (Lipinski definition) is 0. The molecular formula is C20H25NO6S. The Kier molecular flexibility index (Phi) is 5.98. The van der Waals surface area contributed by atoms with Crippen LogP contribution in [0.5, 0.6) is 11.5 Å². The number of hydrogen-bond acceptors (Lipinski definition) is 6. The van der Waals surface area contributed by atoms with Gasteiger partial charge < -0.3 is 18.8 Å². The predicted molar refractivity (Wildman–Crippen MR) is 104 cm³/mol. The molecule has 1 fully saturated rings. The Labute approximate surface area is 165 Å². The highest BCUT2D eigenvalue weighted by atomic mass is 32.2. The lowest BCUT2D eigenvalue weighted by molar-refractivity contribution is -0.141. The number of nitrogens with zero attached hydrogens (tertiary/aromatic N) is 1. The number of para-hydroxylation sites is 2. The highest BCUT2D eigenvalue weighted by molar-refractivity contribution is 7.91. The lowest BCUT2D eigenvalue weighted by Gasteiger charge is -2.30. The fraction of sp³-hybridized carbons (Fsp3) is 0.450. The summed E-state index contributed by atoms with van der Waals surface area (Å²) in [7, 11) is -1.61. The van der Waals surface area contributed by atoms with E-state index in [0.717, 1.165) is 5.76 Å². The Hall–Kier alpha value is -2.48. The maximum absolute atomic E-state index is 13.2. The largest absolute Gasteiger partial charge is 0.493 e. The molecule has 0 spiro atoms. The Morgan fingerprint density at radius 3 is 2.54 bits per heavy atom. The average molecular weight is 407 g/mol. The molecule has 1 aliphatic heterocycles. The number of amides is 1. The molecule has 1 aromatic carbocycles. The summed E-state index contributed by atoms with van der Waals surface area (Å²) >= 11 is 0. The molecule has 1 aromatic heterocycles. The zero-order valence-electron chi connectivity index (χ0n) is 16.3. The van der Waals surface area contributed by atoms with Crippen LogP contribution < -0.4 is 9.47 Å². The highest BCUT2D eigenvalue weighted by Crippen LogP contribution is 2.28. The van der Waals surface area contributed by atoms with E-state index in [2.05, 4.69) is 0 Å². The van der Waals surface area contributed by atoms with Crippen molar-refractivity contribution in [3.8, 4) is 11.5 Å². The normalized spacial score (nSPS) is 19.2. The molecule has 2 aromatic rings. The number of sulfone groups is 1. The second-order valence-corrected chi connectivity index (χ2v) is 9.18. The van der Waals surface area contributed by atoms with Gasteiger partial charge in [-0.15, -0.1) is 0 Å². The van der Waals surface area contributed by atoms with E-state index >= 15 is 0 Å². The van der Waals surface area contributed by atoms with Gasteiger partial charge >= 0.3 is 0 Å². The summed E-state index contributed by atoms with van der Waals surface area (Å²) in [5, 5.41) is 0. The zero-order valence-corrected chi connectivity index (χ0v) is 17.1. The molecule has 7 nitrogen and oxygen atoms in total. The van der Waals surface area contributed by atoms with Crippen molar-refractivity contribution >= 4 is 15.7 Å². The van der Waals surface area contributed by atoms with Crippen molar-refractivity contribution < 1.29 is 27.1 Å². The third-order valence-corrected chi connectivity index (χ3v) is 6.53. The molecule has 0 N–H and O–H groups in total. The van der Waals surface area contributed by atoms with Crippen LogP contribution in [0.25, 0.3) is 0 Å². The van der Waals surface area contributed by atoms with Crippen LogP contribution in [0.2, 0.25) is 0 Å². The van der Waals surface area contributed by atoms with Gasteiger partial charge in [-0.2, -0.15) is 0 Å². The standard InChI is InChI=1S/C20H25NO6S/c1-14-8-9-17(26-14)12-21(16-10-11-28(23,24)13-16)20(22)15(2)27-19-7-5-4-6-18(19)25-3/h4-9,15-16H,10-13H2,1-3H3/t15-,16+/m1/s1. The van der Waals surface area contributed by atoms with Gasteiger partial charge in [-0.25, -0.2) is 8.42 Å². The van der Waals surface area contributed by atoms with Gasteiger partial charge in [-0.05, 0) is 44.5 Å². The van der Waals surface area contributed by atoms with Crippen molar-refractivity contribution in [3.05, 3.63) is 47.9 Å². The number of rotatable bonds is 7. The number of ether oxygens (including phenoxy) is 2. The lowest BCUT2D eigenvalue weighted by atomic mass is 10.2. The van der Waals surface area contributed by atoms with Gasteiger partial charge in [0.05, 0.1) is 25.2 Å². The van der Waals surface area contributed by atoms with E-state index in [-0.39, 0.29) is 24.0 Å². The number of carbonyl (C=O) groups excluding carboxylic acids is 1. The second kappa shape index (κ2) is 8.26. The zero-order chi connectivity index (χ0) is 20.3. The molecular weight excluding hydrogens is 382 g/mol. The van der Waals surface area contributed by atoms with E-state index in [1.165, 1.54) is 7.11 Å². The SMILES string of the molecule is COc1ccccc1O[C@H](C)C(=O)N(Cc1ccc(C)o1)[C@H]1CCS(=O)(=O)C1. The van der Waals surface area contributed by atoms with Crippen LogP contribution in [-0.4, -0.2) is 50.0 Å². The van der Waals surface area contributed by atoms with Crippen LogP contribution in [-0.2, 0) is 21.2 Å². The second-order valence-electron chi connectivity index (χ2n) is 6.95. The Morgan fingerprint density at radius 2 is 1.96 bits per heavy atom. The van der Waals surface area contributed by atoms with Crippen molar-refractivity contribution in [2.45, 2.75) is 39.0 Å². The number of methoxy groups -OCH3 is 1. The summed E-state index contributed by atoms with van der Waals surface area (Å²) in [6, 6.07) is 10.3. The Bertz CT molecular complexity index is 936. The van der Waals surface area contributed by atoms with Crippen LogP contribution in [0.4, 0.5) is 0 Å². The molecule has 2 atom stereocenters. The van der Waals surface area contributed by atoms with Crippen LogP contribution in [0.15, 0.2) is 40.8 Å². The minimum absolute atomic E-state index is 0.0419. The summed E-state index contributed by atoms with van der Waals surface area (Å²) in [6.45, 7) is 3.67. The van der Waals surface area contributed by atoms with Crippen LogP contribution in [0.1, 0.15) is 24.9 Å². The maximum Gasteiger partial charge on any atom is 0.264 e. The third-order valence-electron chi connectivity index (χ3n) is 4.78. The molecule has 8 heteroatoms. The Balaban J connectivity index is 1.80. The van der Waals surface area contributed by atoms with Gasteiger partial charge in [-0.3, -0.25) is 4.79 Å². The van der Waals surface area contributed by atoms with Crippen LogP contribution in [0, 0.1) is 6.92 Å². The maximum atomic E-state index is 13.2. The van der Waals surface area contributed by atoms with Gasteiger partial charge in [0.15, 0.2) is 27.4 Å². The van der Waals surface area contributed by atoms with E-state index in [0.29, 0.717) is 23.7 Å². The van der Waals surface area contributed by atoms with Gasteiger partial charge in [0.25, 0.3) is 5.91 Å². The summed E-state index contributed by atoms with van der Waals surface area (Å²) in [6.07, 6.45) is -0.398. The fourth-order valence-electron chi connectivity index (χ4n) is 3.34. The predicted octanol–water partition coefficient (Wildman–Crippen LogP) is 2.58. The molecule has 1 amide bonds. The minimum atomic E-state index is -3.14. The van der Waals surface area contributed by atoms with E-state index in [4.69, 9.17) is 13.9 Å². The first-order valence-electron chi connectivity index (χ1n) is 9.15. The van der Waals surface area contributed by atoms with Gasteiger partial charge in [0, 0.05) is 6.04 Å². The molecule has 0 saturated carbocycles. The number of carbonyl (C=O) groups is 1. The highest BCUT2D eigenvalue weighted by Gasteiger charge is 2.37. The minimum Gasteiger partial charge on any atom is -0.493 e. The first-order chi connectivity index (χ1) is 13.3. The van der Waals surface area contributed by atoms with Gasteiger partial charge in [0.1, 0.15) is 11.5 Å². The van der Waals surface area contributed by atoms with Gasteiger partial charge in [-0.1, -0.05) is 12.1 Å². The molecule has 0 bridgehead atoms.